The van der Waals surface area contributed by atoms with Crippen LogP contribution in [0.3, 0.4) is 0 Å². The van der Waals surface area contributed by atoms with Crippen molar-refractivity contribution in [2.75, 3.05) is 5.32 Å². The van der Waals surface area contributed by atoms with Gasteiger partial charge in [-0.3, -0.25) is 0 Å². The second kappa shape index (κ2) is 3.77. The highest BCUT2D eigenvalue weighted by molar-refractivity contribution is 14.1. The molecule has 0 aromatic carbocycles. The Labute approximate surface area is 91.5 Å². The molecule has 0 radical (unpaired) electrons. The van der Waals surface area contributed by atoms with Crippen LogP contribution in [-0.2, 0) is 0 Å². The molecule has 1 aromatic heterocycles. The number of aromatic nitrogens is 2. The van der Waals surface area contributed by atoms with E-state index in [1.165, 1.54) is 12.8 Å². The molecule has 1 saturated carbocycles. The Morgan fingerprint density at radius 2 is 2.23 bits per heavy atom. The third kappa shape index (κ3) is 2.30. The molecular weight excluding hydrogens is 277 g/mol. The summed E-state index contributed by atoms with van der Waals surface area (Å²) in [6, 6.07) is 0.616. The first-order valence-corrected chi connectivity index (χ1v) is 5.61. The Balaban J connectivity index is 1.92. The minimum Gasteiger partial charge on any atom is -0.351 e. The average molecular weight is 289 g/mol. The highest BCUT2D eigenvalue weighted by atomic mass is 127. The summed E-state index contributed by atoms with van der Waals surface area (Å²) in [5.74, 6) is 1.60. The molecule has 4 heteroatoms. The second-order valence-electron chi connectivity index (χ2n) is 3.38. The van der Waals surface area contributed by atoms with Crippen LogP contribution in [0.15, 0.2) is 12.4 Å². The zero-order valence-corrected chi connectivity index (χ0v) is 9.65. The van der Waals surface area contributed by atoms with Gasteiger partial charge in [-0.05, 0) is 34.9 Å². The minimum absolute atomic E-state index is 0.616. The van der Waals surface area contributed by atoms with E-state index in [1.54, 1.807) is 0 Å². The molecule has 70 valence electrons. The van der Waals surface area contributed by atoms with E-state index in [9.17, 15) is 0 Å². The van der Waals surface area contributed by atoms with E-state index < -0.39 is 0 Å². The Morgan fingerprint density at radius 3 is 2.77 bits per heavy atom. The van der Waals surface area contributed by atoms with E-state index in [0.29, 0.717) is 6.04 Å². The minimum atomic E-state index is 0.616. The normalized spacial score (nSPS) is 25.7. The van der Waals surface area contributed by atoms with Gasteiger partial charge >= 0.3 is 0 Å². The van der Waals surface area contributed by atoms with Crippen molar-refractivity contribution in [3.8, 4) is 0 Å². The van der Waals surface area contributed by atoms with Gasteiger partial charge in [0, 0.05) is 22.0 Å². The van der Waals surface area contributed by atoms with Gasteiger partial charge in [0.1, 0.15) is 0 Å². The lowest BCUT2D eigenvalue weighted by atomic mass is 10.3. The molecule has 2 unspecified atom stereocenters. The highest BCUT2D eigenvalue weighted by Gasteiger charge is 2.35. The van der Waals surface area contributed by atoms with Crippen molar-refractivity contribution < 1.29 is 0 Å². The Morgan fingerprint density at radius 1 is 1.54 bits per heavy atom. The Hall–Kier alpha value is -0.390. The maximum Gasteiger partial charge on any atom is 0.222 e. The topological polar surface area (TPSA) is 37.8 Å². The summed E-state index contributed by atoms with van der Waals surface area (Å²) in [5.41, 5.74) is 0. The molecule has 0 bridgehead atoms. The van der Waals surface area contributed by atoms with E-state index in [4.69, 9.17) is 0 Å². The first kappa shape index (κ1) is 9.18. The van der Waals surface area contributed by atoms with Crippen LogP contribution in [0.4, 0.5) is 5.95 Å². The lowest BCUT2D eigenvalue weighted by Gasteiger charge is -2.01. The maximum atomic E-state index is 4.20. The fourth-order valence-electron chi connectivity index (χ4n) is 1.43. The molecule has 0 saturated heterocycles. The molecule has 2 atom stereocenters. The summed E-state index contributed by atoms with van der Waals surface area (Å²) >= 11 is 2.20. The molecule has 0 spiro atoms. The molecule has 2 rings (SSSR count). The van der Waals surface area contributed by atoms with Crippen molar-refractivity contribution in [2.45, 2.75) is 25.8 Å². The molecule has 1 aromatic rings. The molecule has 1 heterocycles. The summed E-state index contributed by atoms with van der Waals surface area (Å²) in [5, 5.41) is 3.32. The van der Waals surface area contributed by atoms with Gasteiger partial charge in [0.25, 0.3) is 0 Å². The first-order valence-electron chi connectivity index (χ1n) is 4.53. The van der Waals surface area contributed by atoms with E-state index in [2.05, 4.69) is 44.8 Å². The largest absolute Gasteiger partial charge is 0.351 e. The van der Waals surface area contributed by atoms with Crippen LogP contribution >= 0.6 is 22.6 Å². The van der Waals surface area contributed by atoms with Crippen LogP contribution < -0.4 is 5.32 Å². The Bertz CT molecular complexity index is 285. The molecule has 1 N–H and O–H groups in total. The molecule has 0 aliphatic heterocycles. The molecule has 3 nitrogen and oxygen atoms in total. The summed E-state index contributed by atoms with van der Waals surface area (Å²) in [6.07, 6.45) is 6.19. The first-order chi connectivity index (χ1) is 6.29. The fraction of sp³-hybridized carbons (Fsp3) is 0.556. The summed E-state index contributed by atoms with van der Waals surface area (Å²) < 4.78 is 1.07. The number of nitrogens with zero attached hydrogens (tertiary/aromatic N) is 2. The summed E-state index contributed by atoms with van der Waals surface area (Å²) in [6.45, 7) is 2.22. The van der Waals surface area contributed by atoms with Crippen LogP contribution in [0, 0.1) is 9.49 Å². The number of anilines is 1. The van der Waals surface area contributed by atoms with Gasteiger partial charge in [0.15, 0.2) is 0 Å². The number of nitrogens with one attached hydrogen (secondary N) is 1. The third-order valence-electron chi connectivity index (χ3n) is 2.38. The molecule has 1 aliphatic carbocycles. The number of halogens is 1. The summed E-state index contributed by atoms with van der Waals surface area (Å²) in [7, 11) is 0. The van der Waals surface area contributed by atoms with Gasteiger partial charge in [-0.1, -0.05) is 13.3 Å². The van der Waals surface area contributed by atoms with Gasteiger partial charge in [-0.25, -0.2) is 9.97 Å². The maximum absolute atomic E-state index is 4.20. The van der Waals surface area contributed by atoms with E-state index in [-0.39, 0.29) is 0 Å². The molecular formula is C9H12IN3. The van der Waals surface area contributed by atoms with Gasteiger partial charge in [0.05, 0.1) is 0 Å². The highest BCUT2D eigenvalue weighted by Crippen LogP contribution is 2.35. The average Bonchev–Trinajstić information content (AvgIpc) is 2.88. The van der Waals surface area contributed by atoms with Crippen LogP contribution in [0.25, 0.3) is 0 Å². The molecule has 1 fully saturated rings. The molecule has 13 heavy (non-hydrogen) atoms. The summed E-state index contributed by atoms with van der Waals surface area (Å²) in [4.78, 5) is 8.39. The smallest absolute Gasteiger partial charge is 0.222 e. The second-order valence-corrected chi connectivity index (χ2v) is 4.63. The monoisotopic (exact) mass is 289 g/mol. The van der Waals surface area contributed by atoms with E-state index in [0.717, 1.165) is 15.4 Å². The molecule has 0 amide bonds. The van der Waals surface area contributed by atoms with Crippen molar-refractivity contribution >= 4 is 28.5 Å². The van der Waals surface area contributed by atoms with Gasteiger partial charge in [-0.2, -0.15) is 0 Å². The van der Waals surface area contributed by atoms with Crippen molar-refractivity contribution in [2.24, 2.45) is 5.92 Å². The lowest BCUT2D eigenvalue weighted by molar-refractivity contribution is 0.771. The lowest BCUT2D eigenvalue weighted by Crippen LogP contribution is -2.07. The van der Waals surface area contributed by atoms with Crippen LogP contribution in [-0.4, -0.2) is 16.0 Å². The van der Waals surface area contributed by atoms with Gasteiger partial charge < -0.3 is 5.32 Å². The number of hydrogen-bond acceptors (Lipinski definition) is 3. The van der Waals surface area contributed by atoms with Crippen LogP contribution in [0.1, 0.15) is 19.8 Å². The van der Waals surface area contributed by atoms with E-state index >= 15 is 0 Å². The quantitative estimate of drug-likeness (QED) is 0.868. The Kier molecular flexibility index (Phi) is 2.66. The standard InChI is InChI=1S/C9H12IN3/c1-2-6-3-8(6)13-9-11-4-7(10)5-12-9/h4-6,8H,2-3H2,1H3,(H,11,12,13). The van der Waals surface area contributed by atoms with Crippen molar-refractivity contribution in [3.05, 3.63) is 16.0 Å². The van der Waals surface area contributed by atoms with Crippen molar-refractivity contribution in [1.29, 1.82) is 0 Å². The zero-order valence-electron chi connectivity index (χ0n) is 7.50. The van der Waals surface area contributed by atoms with Gasteiger partial charge in [0.2, 0.25) is 5.95 Å². The number of hydrogen-bond donors (Lipinski definition) is 1. The predicted molar refractivity (Wildman–Crippen MR) is 60.6 cm³/mol. The van der Waals surface area contributed by atoms with Gasteiger partial charge in [-0.15, -0.1) is 0 Å². The fourth-order valence-corrected chi connectivity index (χ4v) is 1.71. The van der Waals surface area contributed by atoms with Crippen LogP contribution in [0.2, 0.25) is 0 Å². The third-order valence-corrected chi connectivity index (χ3v) is 2.94. The predicted octanol–water partition coefficient (Wildman–Crippen LogP) is 2.29. The van der Waals surface area contributed by atoms with Crippen LogP contribution in [0.5, 0.6) is 0 Å². The van der Waals surface area contributed by atoms with Crippen molar-refractivity contribution in [3.63, 3.8) is 0 Å². The SMILES string of the molecule is CCC1CC1Nc1ncc(I)cn1. The number of rotatable bonds is 3. The zero-order chi connectivity index (χ0) is 9.26. The van der Waals surface area contributed by atoms with Crippen molar-refractivity contribution in [1.82, 2.24) is 9.97 Å². The molecule has 1 aliphatic rings. The van der Waals surface area contributed by atoms with E-state index in [1.807, 2.05) is 12.4 Å².